The van der Waals surface area contributed by atoms with Crippen molar-refractivity contribution in [3.63, 3.8) is 0 Å². The molecule has 0 aliphatic carbocycles. The summed E-state index contributed by atoms with van der Waals surface area (Å²) in [5, 5.41) is 4.91. The lowest BCUT2D eigenvalue weighted by molar-refractivity contribution is 0.383. The number of hydrogen-bond donors (Lipinski definition) is 1. The smallest absolute Gasteiger partial charge is 0.211 e. The minimum absolute atomic E-state index is 0.102. The number of benzene rings is 1. The van der Waals surface area contributed by atoms with Crippen LogP contribution < -0.4 is 5.14 Å². The van der Waals surface area contributed by atoms with Gasteiger partial charge in [0.15, 0.2) is 0 Å². The lowest BCUT2D eigenvalue weighted by Crippen LogP contribution is -2.20. The average Bonchev–Trinajstić information content (AvgIpc) is 2.82. The summed E-state index contributed by atoms with van der Waals surface area (Å²) < 4.78 is 26.7. The number of nitrogens with two attached hydrogens (primary N) is 1. The van der Waals surface area contributed by atoms with Gasteiger partial charge in [-0.05, 0) is 5.56 Å². The van der Waals surface area contributed by atoms with Gasteiger partial charge in [0, 0.05) is 0 Å². The van der Waals surface area contributed by atoms with Crippen molar-refractivity contribution in [2.45, 2.75) is 12.2 Å². The van der Waals surface area contributed by atoms with Crippen LogP contribution >= 0.6 is 0 Å². The maximum atomic E-state index is 10.8. The summed E-state index contributed by atoms with van der Waals surface area (Å²) in [7, 11) is -3.43. The first-order valence-corrected chi connectivity index (χ1v) is 5.99. The Bertz CT molecular complexity index is 415. The van der Waals surface area contributed by atoms with Crippen molar-refractivity contribution < 1.29 is 13.2 Å². The van der Waals surface area contributed by atoms with E-state index in [-0.39, 0.29) is 18.0 Å². The fourth-order valence-electron chi connectivity index (χ4n) is 1.43. The van der Waals surface area contributed by atoms with Gasteiger partial charge in [0.25, 0.3) is 0 Å². The molecule has 1 saturated heterocycles. The monoisotopic (exact) mass is 213 g/mol. The Labute approximate surface area is 82.7 Å². The minimum Gasteiger partial charge on any atom is -0.363 e. The fourth-order valence-corrected chi connectivity index (χ4v) is 2.15. The van der Waals surface area contributed by atoms with Gasteiger partial charge in [-0.25, -0.2) is 13.6 Å². The van der Waals surface area contributed by atoms with Gasteiger partial charge < -0.3 is 4.74 Å². The first kappa shape index (κ1) is 9.64. The molecule has 1 aromatic rings. The SMILES string of the molecule is NS(=O)(=O)CC1OC1c1ccccc1. The highest BCUT2D eigenvalue weighted by Gasteiger charge is 2.42. The molecule has 1 aliphatic rings. The molecule has 5 heteroatoms. The zero-order valence-corrected chi connectivity index (χ0v) is 8.28. The number of ether oxygens (including phenoxy) is 1. The molecule has 14 heavy (non-hydrogen) atoms. The van der Waals surface area contributed by atoms with Crippen LogP contribution in [0.5, 0.6) is 0 Å². The zero-order valence-electron chi connectivity index (χ0n) is 7.46. The molecule has 2 atom stereocenters. The Morgan fingerprint density at radius 2 is 1.93 bits per heavy atom. The average molecular weight is 213 g/mol. The lowest BCUT2D eigenvalue weighted by Gasteiger charge is -1.94. The predicted octanol–water partition coefficient (Wildman–Crippen LogP) is 0.415. The van der Waals surface area contributed by atoms with E-state index >= 15 is 0 Å². The molecule has 0 bridgehead atoms. The second-order valence-corrected chi connectivity index (χ2v) is 4.99. The topological polar surface area (TPSA) is 72.7 Å². The fraction of sp³-hybridized carbons (Fsp3) is 0.333. The van der Waals surface area contributed by atoms with Gasteiger partial charge in [0.1, 0.15) is 12.2 Å². The van der Waals surface area contributed by atoms with E-state index in [1.54, 1.807) is 0 Å². The van der Waals surface area contributed by atoms with Gasteiger partial charge in [-0.2, -0.15) is 0 Å². The van der Waals surface area contributed by atoms with E-state index in [1.807, 2.05) is 30.3 Å². The molecule has 76 valence electrons. The van der Waals surface area contributed by atoms with E-state index in [1.165, 1.54) is 0 Å². The molecule has 1 aliphatic heterocycles. The van der Waals surface area contributed by atoms with Crippen LogP contribution in [0.4, 0.5) is 0 Å². The van der Waals surface area contributed by atoms with Gasteiger partial charge in [-0.15, -0.1) is 0 Å². The van der Waals surface area contributed by atoms with Gasteiger partial charge in [0.2, 0.25) is 10.0 Å². The van der Waals surface area contributed by atoms with E-state index in [0.717, 1.165) is 5.56 Å². The molecule has 0 amide bonds. The first-order valence-electron chi connectivity index (χ1n) is 4.27. The molecule has 1 aromatic carbocycles. The van der Waals surface area contributed by atoms with Crippen LogP contribution in [0, 0.1) is 0 Å². The molecule has 0 aromatic heterocycles. The van der Waals surface area contributed by atoms with E-state index in [2.05, 4.69) is 0 Å². The van der Waals surface area contributed by atoms with E-state index in [9.17, 15) is 8.42 Å². The zero-order chi connectivity index (χ0) is 10.2. The maximum absolute atomic E-state index is 10.8. The van der Waals surface area contributed by atoms with Gasteiger partial charge in [-0.3, -0.25) is 0 Å². The Morgan fingerprint density at radius 1 is 1.29 bits per heavy atom. The number of primary sulfonamides is 1. The summed E-state index contributed by atoms with van der Waals surface area (Å²) in [6, 6.07) is 9.51. The lowest BCUT2D eigenvalue weighted by atomic mass is 10.1. The molecule has 0 saturated carbocycles. The molecule has 4 nitrogen and oxygen atoms in total. The Morgan fingerprint density at radius 3 is 2.50 bits per heavy atom. The summed E-state index contributed by atoms with van der Waals surface area (Å²) in [4.78, 5) is 0. The van der Waals surface area contributed by atoms with Crippen LogP contribution in [0.1, 0.15) is 11.7 Å². The van der Waals surface area contributed by atoms with E-state index in [0.29, 0.717) is 0 Å². The summed E-state index contributed by atoms with van der Waals surface area (Å²) in [6.07, 6.45) is -0.373. The molecule has 1 fully saturated rings. The predicted molar refractivity (Wildman–Crippen MR) is 52.0 cm³/mol. The molecule has 0 radical (unpaired) electrons. The summed E-state index contributed by atoms with van der Waals surface area (Å²) in [5.74, 6) is -0.105. The van der Waals surface area contributed by atoms with Gasteiger partial charge in [-0.1, -0.05) is 30.3 Å². The summed E-state index contributed by atoms with van der Waals surface area (Å²) in [6.45, 7) is 0. The van der Waals surface area contributed by atoms with Crippen molar-refractivity contribution in [3.8, 4) is 0 Å². The third kappa shape index (κ3) is 2.31. The molecule has 2 rings (SSSR count). The number of hydrogen-bond acceptors (Lipinski definition) is 3. The van der Waals surface area contributed by atoms with Crippen LogP contribution in [0.25, 0.3) is 0 Å². The molecular weight excluding hydrogens is 202 g/mol. The van der Waals surface area contributed by atoms with Gasteiger partial charge in [0.05, 0.1) is 5.75 Å². The number of rotatable bonds is 3. The normalized spacial score (nSPS) is 26.1. The minimum atomic E-state index is -3.43. The summed E-state index contributed by atoms with van der Waals surface area (Å²) in [5.41, 5.74) is 1.00. The van der Waals surface area contributed by atoms with E-state index < -0.39 is 10.0 Å². The maximum Gasteiger partial charge on any atom is 0.211 e. The molecule has 2 unspecified atom stereocenters. The van der Waals surface area contributed by atoms with Crippen LogP contribution in [0.2, 0.25) is 0 Å². The highest BCUT2D eigenvalue weighted by atomic mass is 32.2. The van der Waals surface area contributed by atoms with Crippen molar-refractivity contribution >= 4 is 10.0 Å². The van der Waals surface area contributed by atoms with E-state index in [4.69, 9.17) is 9.88 Å². The van der Waals surface area contributed by atoms with Crippen LogP contribution in [-0.4, -0.2) is 20.3 Å². The molecule has 2 N–H and O–H groups in total. The standard InChI is InChI=1S/C9H11NO3S/c10-14(11,12)6-8-9(13-8)7-4-2-1-3-5-7/h1-5,8-9H,6H2,(H2,10,11,12). The van der Waals surface area contributed by atoms with Crippen LogP contribution in [0.3, 0.4) is 0 Å². The second kappa shape index (κ2) is 3.34. The van der Waals surface area contributed by atoms with Crippen LogP contribution in [0.15, 0.2) is 30.3 Å². The first-order chi connectivity index (χ1) is 6.56. The number of epoxide rings is 1. The highest BCUT2D eigenvalue weighted by Crippen LogP contribution is 2.38. The van der Waals surface area contributed by atoms with Crippen molar-refractivity contribution in [2.75, 3.05) is 5.75 Å². The third-order valence-electron chi connectivity index (χ3n) is 2.11. The van der Waals surface area contributed by atoms with Crippen molar-refractivity contribution in [1.29, 1.82) is 0 Å². The largest absolute Gasteiger partial charge is 0.363 e. The number of sulfonamides is 1. The van der Waals surface area contributed by atoms with Crippen molar-refractivity contribution in [2.24, 2.45) is 5.14 Å². The Hall–Kier alpha value is -0.910. The van der Waals surface area contributed by atoms with Crippen LogP contribution in [-0.2, 0) is 14.8 Å². The quantitative estimate of drug-likeness (QED) is 0.739. The third-order valence-corrected chi connectivity index (χ3v) is 2.90. The van der Waals surface area contributed by atoms with Crippen molar-refractivity contribution in [3.05, 3.63) is 35.9 Å². The molecular formula is C9H11NO3S. The highest BCUT2D eigenvalue weighted by molar-refractivity contribution is 7.89. The van der Waals surface area contributed by atoms with Gasteiger partial charge >= 0.3 is 0 Å². The van der Waals surface area contributed by atoms with Crippen molar-refractivity contribution in [1.82, 2.24) is 0 Å². The Kier molecular flexibility index (Phi) is 2.30. The summed E-state index contributed by atoms with van der Waals surface area (Å²) >= 11 is 0. The molecule has 1 heterocycles. The Balaban J connectivity index is 2.01. The second-order valence-electron chi connectivity index (χ2n) is 3.34. The molecule has 0 spiro atoms.